The molecule has 13 heavy (non-hydrogen) atoms. The van der Waals surface area contributed by atoms with Crippen molar-refractivity contribution in [3.63, 3.8) is 0 Å². The van der Waals surface area contributed by atoms with Gasteiger partial charge < -0.3 is 5.32 Å². The van der Waals surface area contributed by atoms with Crippen molar-refractivity contribution in [3.8, 4) is 0 Å². The molecule has 0 bridgehead atoms. The van der Waals surface area contributed by atoms with Crippen LogP contribution in [0, 0.1) is 0 Å². The van der Waals surface area contributed by atoms with Gasteiger partial charge in [0.25, 0.3) is 0 Å². The second kappa shape index (κ2) is 3.80. The molecule has 1 amide bonds. The van der Waals surface area contributed by atoms with E-state index in [1.54, 1.807) is 0 Å². The first-order valence-electron chi connectivity index (χ1n) is 3.35. The number of carbonyl (C=O) groups excluding carboxylic acids is 1. The van der Waals surface area contributed by atoms with Gasteiger partial charge in [-0.2, -0.15) is 0 Å². The fraction of sp³-hybridized carbons (Fsp3) is 0.750. The molecule has 0 aromatic carbocycles. The van der Waals surface area contributed by atoms with Crippen LogP contribution >= 0.6 is 11.8 Å². The number of amides is 1. The Balaban J connectivity index is 2.50. The summed E-state index contributed by atoms with van der Waals surface area (Å²) in [5.41, 5.74) is 4.53. The maximum absolute atomic E-state index is 10.8. The average molecular weight is 226 g/mol. The van der Waals surface area contributed by atoms with Crippen LogP contribution in [0.5, 0.6) is 0 Å². The first kappa shape index (κ1) is 10.7. The summed E-state index contributed by atoms with van der Waals surface area (Å²) < 4.78 is 20.7. The predicted octanol–water partition coefficient (Wildman–Crippen LogP) is -2.18. The maximum Gasteiger partial charge on any atom is 0.236 e. The van der Waals surface area contributed by atoms with Gasteiger partial charge in [0.1, 0.15) is 5.50 Å². The molecule has 0 aromatic rings. The highest BCUT2D eigenvalue weighted by Crippen LogP contribution is 2.19. The molecule has 1 fully saturated rings. The summed E-state index contributed by atoms with van der Waals surface area (Å²) in [5, 5.41) is 7.34. The first-order valence-corrected chi connectivity index (χ1v) is 5.90. The van der Waals surface area contributed by atoms with Gasteiger partial charge in [-0.15, -0.1) is 0 Å². The van der Waals surface area contributed by atoms with E-state index in [2.05, 4.69) is 16.2 Å². The van der Waals surface area contributed by atoms with Gasteiger partial charge in [-0.05, 0) is 0 Å². The Labute approximate surface area is 79.8 Å². The fourth-order valence-corrected chi connectivity index (χ4v) is 2.69. The van der Waals surface area contributed by atoms with Gasteiger partial charge in [-0.1, -0.05) is 11.8 Å². The molecule has 1 aliphatic rings. The molecule has 0 radical (unpaired) electrons. The van der Waals surface area contributed by atoms with Crippen molar-refractivity contribution in [2.24, 2.45) is 5.14 Å². The standard InChI is InChI=1S/C4H10N4O3S2/c1-2(9)6-3-7-8-4(12-3)13(5,10)11/h3-4,7-8H,1H3,(H,6,9)(H2,5,10,11)/t3-,4?/m0/s1. The van der Waals surface area contributed by atoms with Crippen molar-refractivity contribution in [1.29, 1.82) is 0 Å². The van der Waals surface area contributed by atoms with Gasteiger partial charge in [-0.25, -0.2) is 24.4 Å². The van der Waals surface area contributed by atoms with E-state index in [0.717, 1.165) is 11.8 Å². The molecule has 0 aliphatic carbocycles. The molecule has 1 saturated heterocycles. The number of primary sulfonamides is 1. The lowest BCUT2D eigenvalue weighted by molar-refractivity contribution is -0.119. The highest BCUT2D eigenvalue weighted by atomic mass is 32.3. The van der Waals surface area contributed by atoms with Crippen molar-refractivity contribution in [2.75, 3.05) is 0 Å². The Morgan fingerprint density at radius 1 is 1.54 bits per heavy atom. The Morgan fingerprint density at radius 2 is 2.15 bits per heavy atom. The smallest absolute Gasteiger partial charge is 0.236 e. The quantitative estimate of drug-likeness (QED) is 0.426. The number of nitrogens with two attached hydrogens (primary N) is 1. The van der Waals surface area contributed by atoms with Gasteiger partial charge >= 0.3 is 0 Å². The van der Waals surface area contributed by atoms with E-state index < -0.39 is 20.2 Å². The number of nitrogens with one attached hydrogen (secondary N) is 3. The van der Waals surface area contributed by atoms with Crippen LogP contribution in [0.1, 0.15) is 6.92 Å². The van der Waals surface area contributed by atoms with Crippen molar-refractivity contribution in [2.45, 2.75) is 17.1 Å². The topological polar surface area (TPSA) is 113 Å². The molecule has 0 saturated carbocycles. The lowest BCUT2D eigenvalue weighted by Crippen LogP contribution is -2.44. The van der Waals surface area contributed by atoms with Crippen LogP contribution in [0.2, 0.25) is 0 Å². The monoisotopic (exact) mass is 226 g/mol. The zero-order chi connectivity index (χ0) is 10.1. The van der Waals surface area contributed by atoms with Gasteiger partial charge in [0.05, 0.1) is 0 Å². The minimum absolute atomic E-state index is 0.248. The minimum Gasteiger partial charge on any atom is -0.331 e. The van der Waals surface area contributed by atoms with Crippen LogP contribution < -0.4 is 21.3 Å². The zero-order valence-corrected chi connectivity index (χ0v) is 8.41. The number of rotatable bonds is 2. The molecule has 1 aliphatic heterocycles. The second-order valence-corrected chi connectivity index (χ2v) is 5.59. The van der Waals surface area contributed by atoms with E-state index in [9.17, 15) is 13.2 Å². The number of carbonyl (C=O) groups is 1. The Hall–Kier alpha value is -0.350. The van der Waals surface area contributed by atoms with Crippen LogP contribution in [-0.2, 0) is 14.8 Å². The lowest BCUT2D eigenvalue weighted by Gasteiger charge is -2.08. The number of sulfonamides is 1. The summed E-state index contributed by atoms with van der Waals surface area (Å²) in [7, 11) is -3.63. The van der Waals surface area contributed by atoms with Crippen molar-refractivity contribution < 1.29 is 13.2 Å². The zero-order valence-electron chi connectivity index (χ0n) is 6.77. The number of thioether (sulfide) groups is 1. The maximum atomic E-state index is 10.8. The molecule has 5 N–H and O–H groups in total. The molecular formula is C4H10N4O3S2. The Kier molecular flexibility index (Phi) is 3.14. The third-order valence-electron chi connectivity index (χ3n) is 1.22. The molecule has 0 aromatic heterocycles. The van der Waals surface area contributed by atoms with Crippen molar-refractivity contribution in [1.82, 2.24) is 16.2 Å². The molecule has 7 nitrogen and oxygen atoms in total. The van der Waals surface area contributed by atoms with E-state index in [4.69, 9.17) is 5.14 Å². The summed E-state index contributed by atoms with van der Waals surface area (Å²) in [6.45, 7) is 1.34. The van der Waals surface area contributed by atoms with Gasteiger partial charge in [0, 0.05) is 6.92 Å². The highest BCUT2D eigenvalue weighted by Gasteiger charge is 2.32. The Morgan fingerprint density at radius 3 is 2.54 bits per heavy atom. The van der Waals surface area contributed by atoms with E-state index in [1.165, 1.54) is 6.92 Å². The predicted molar refractivity (Wildman–Crippen MR) is 48.4 cm³/mol. The molecule has 2 atom stereocenters. The van der Waals surface area contributed by atoms with E-state index >= 15 is 0 Å². The third-order valence-corrected chi connectivity index (χ3v) is 3.95. The van der Waals surface area contributed by atoms with Gasteiger partial charge in [0.2, 0.25) is 15.9 Å². The average Bonchev–Trinajstić information content (AvgIpc) is 2.32. The number of hydrazine groups is 1. The summed E-state index contributed by atoms with van der Waals surface area (Å²) in [6.07, 6.45) is 0. The molecule has 0 spiro atoms. The van der Waals surface area contributed by atoms with Crippen LogP contribution in [0.15, 0.2) is 0 Å². The third kappa shape index (κ3) is 3.12. The van der Waals surface area contributed by atoms with Gasteiger partial charge in [0.15, 0.2) is 4.71 Å². The largest absolute Gasteiger partial charge is 0.331 e. The highest BCUT2D eigenvalue weighted by molar-refractivity contribution is 8.13. The number of hydrogen-bond acceptors (Lipinski definition) is 6. The van der Waals surface area contributed by atoms with Gasteiger partial charge in [-0.3, -0.25) is 4.79 Å². The molecule has 1 heterocycles. The second-order valence-electron chi connectivity index (χ2n) is 2.43. The summed E-state index contributed by atoms with van der Waals surface area (Å²) >= 11 is 0.979. The van der Waals surface area contributed by atoms with Crippen LogP contribution in [-0.4, -0.2) is 24.5 Å². The van der Waals surface area contributed by atoms with E-state index in [1.807, 2.05) is 0 Å². The normalized spacial score (nSPS) is 28.8. The van der Waals surface area contributed by atoms with Crippen LogP contribution in [0.4, 0.5) is 0 Å². The lowest BCUT2D eigenvalue weighted by atomic mass is 10.7. The number of hydrogen-bond donors (Lipinski definition) is 4. The van der Waals surface area contributed by atoms with Crippen LogP contribution in [0.3, 0.4) is 0 Å². The minimum atomic E-state index is -3.63. The SMILES string of the molecule is CC(=O)N[C@H]1NNC(S(N)(=O)=O)S1. The molecule has 1 rings (SSSR count). The molecular weight excluding hydrogens is 216 g/mol. The first-order chi connectivity index (χ1) is 5.89. The Bertz CT molecular complexity index is 303. The summed E-state index contributed by atoms with van der Waals surface area (Å²) in [5.74, 6) is -0.248. The van der Waals surface area contributed by atoms with E-state index in [0.29, 0.717) is 0 Å². The van der Waals surface area contributed by atoms with Crippen molar-refractivity contribution in [3.05, 3.63) is 0 Å². The van der Waals surface area contributed by atoms with E-state index in [-0.39, 0.29) is 5.91 Å². The summed E-state index contributed by atoms with van der Waals surface area (Å²) in [6, 6.07) is 0. The molecule has 76 valence electrons. The van der Waals surface area contributed by atoms with Crippen molar-refractivity contribution >= 4 is 27.7 Å². The molecule has 9 heteroatoms. The summed E-state index contributed by atoms with van der Waals surface area (Å²) in [4.78, 5) is 10.6. The van der Waals surface area contributed by atoms with Crippen LogP contribution in [0.25, 0.3) is 0 Å². The fourth-order valence-electron chi connectivity index (χ4n) is 0.750. The molecule has 1 unspecified atom stereocenters.